The first-order chi connectivity index (χ1) is 30.9. The summed E-state index contributed by atoms with van der Waals surface area (Å²) in [5, 5.41) is 1.48. The number of nitrogen functional groups attached to an aromatic ring is 1. The molecule has 0 unspecified atom stereocenters. The van der Waals surface area contributed by atoms with E-state index in [1.165, 1.54) is 12.5 Å². The van der Waals surface area contributed by atoms with Crippen molar-refractivity contribution < 1.29 is 101 Å². The summed E-state index contributed by atoms with van der Waals surface area (Å²) in [6.45, 7) is 14.7. The first kappa shape index (κ1) is 63.9. The number of rotatable bonds is 14. The molecule has 4 rings (SSSR count). The van der Waals surface area contributed by atoms with Crippen LogP contribution < -0.4 is 55.4 Å². The van der Waals surface area contributed by atoms with Gasteiger partial charge in [-0.3, -0.25) is 19.2 Å². The molecule has 0 bridgehead atoms. The monoisotopic (exact) mass is 976 g/mol. The van der Waals surface area contributed by atoms with Gasteiger partial charge in [-0.2, -0.15) is 0 Å². The van der Waals surface area contributed by atoms with Gasteiger partial charge < -0.3 is 46.5 Å². The summed E-state index contributed by atoms with van der Waals surface area (Å²) in [6.07, 6.45) is 2.85. The smallest absolute Gasteiger partial charge is 0.793 e. The van der Waals surface area contributed by atoms with Crippen molar-refractivity contribution in [2.45, 2.75) is 60.3 Å². The van der Waals surface area contributed by atoms with Crippen LogP contribution in [0.25, 0.3) is 0 Å². The summed E-state index contributed by atoms with van der Waals surface area (Å²) >= 11 is 0. The number of hydrogen-bond acceptors (Lipinski definition) is 16. The van der Waals surface area contributed by atoms with E-state index < -0.39 is 32.2 Å². The maximum absolute atomic E-state index is 12.8. The molecule has 359 valence electrons. The number of carbonyl (C=O) groups is 6. The molecule has 0 atom stereocenters. The molecule has 16 nitrogen and oxygen atoms in total. The molecule has 0 spiro atoms. The molecule has 4 aromatic rings. The quantitative estimate of drug-likeness (QED) is 0.0362. The van der Waals surface area contributed by atoms with Gasteiger partial charge in [-0.15, -0.1) is 0 Å². The van der Waals surface area contributed by atoms with Gasteiger partial charge in [-0.1, -0.05) is 30.3 Å². The maximum Gasteiger partial charge on any atom is 1.00 e. The first-order valence-electron chi connectivity index (χ1n) is 20.3. The van der Waals surface area contributed by atoms with Gasteiger partial charge in [-0.05, 0) is 130 Å². The van der Waals surface area contributed by atoms with Crippen molar-refractivity contribution in [2.75, 3.05) is 59.8 Å². The van der Waals surface area contributed by atoms with E-state index in [1.54, 1.807) is 97.2 Å². The average Bonchev–Trinajstić information content (AvgIpc) is 3.26. The number of benzene rings is 4. The molecule has 20 heteroatoms. The van der Waals surface area contributed by atoms with Crippen LogP contribution >= 0.6 is 14.3 Å². The van der Waals surface area contributed by atoms with Crippen LogP contribution in [0.4, 0.5) is 5.69 Å². The van der Waals surface area contributed by atoms with E-state index in [4.69, 9.17) is 24.7 Å². The van der Waals surface area contributed by atoms with Gasteiger partial charge >= 0.3 is 53.4 Å². The minimum Gasteiger partial charge on any atom is -0.793 e. The van der Waals surface area contributed by atoms with Gasteiger partial charge in [-0.25, -0.2) is 19.4 Å². The fourth-order valence-electron chi connectivity index (χ4n) is 5.23. The molecular formula is C47H62BNNaO15P2. The number of carbonyl (C=O) groups excluding carboxylic acids is 6. The summed E-state index contributed by atoms with van der Waals surface area (Å²) in [4.78, 5) is 70.0. The van der Waals surface area contributed by atoms with Gasteiger partial charge in [0.05, 0.1) is 40.3 Å². The Morgan fingerprint density at radius 2 is 0.985 bits per heavy atom. The number of anilines is 1. The Morgan fingerprint density at radius 3 is 1.34 bits per heavy atom. The maximum atomic E-state index is 12.8. The van der Waals surface area contributed by atoms with Crippen LogP contribution in [0.5, 0.6) is 11.5 Å². The molecule has 0 heterocycles. The van der Waals surface area contributed by atoms with Crippen molar-refractivity contribution in [3.8, 4) is 11.5 Å². The van der Waals surface area contributed by atoms with Gasteiger partial charge in [0.15, 0.2) is 0 Å². The van der Waals surface area contributed by atoms with Crippen LogP contribution in [0.1, 0.15) is 67.2 Å². The van der Waals surface area contributed by atoms with E-state index >= 15 is 0 Å². The fourth-order valence-corrected chi connectivity index (χ4v) is 7.75. The van der Waals surface area contributed by atoms with Gasteiger partial charge in [0.25, 0.3) is 0 Å². The number of aryl methyl sites for hydroxylation is 2. The molecule has 0 aliphatic heterocycles. The van der Waals surface area contributed by atoms with E-state index in [0.717, 1.165) is 66.5 Å². The number of nitrogens with two attached hydrogens (primary N) is 1. The third-order valence-corrected chi connectivity index (χ3v) is 11.4. The first-order valence-corrected chi connectivity index (χ1v) is 25.5. The SMILES string of the molecule is CC(=O)OOC(C)=O.CCOC(=O)Cc1ccc(CCc2ccc(OC)cc2)c(P(C)(C)=O)c1.CCOC(=O)Cc1ccc(N)c(P(C)(C)=O)c1.COc1ccc(C=O)cc1.[B-]OC(C)=O.[Na+]. The molecule has 0 fully saturated rings. The normalized spacial score (nSPS) is 9.97. The molecule has 0 saturated heterocycles. The summed E-state index contributed by atoms with van der Waals surface area (Å²) < 4.78 is 48.3. The van der Waals surface area contributed by atoms with Gasteiger partial charge in [0, 0.05) is 42.6 Å². The third kappa shape index (κ3) is 29.3. The Bertz CT molecular complexity index is 2250. The van der Waals surface area contributed by atoms with Crippen LogP contribution in [-0.2, 0) is 82.7 Å². The fraction of sp³-hybridized carbons (Fsp3) is 0.362. The largest absolute Gasteiger partial charge is 1.00 e. The van der Waals surface area contributed by atoms with Crippen molar-refractivity contribution in [3.63, 3.8) is 0 Å². The number of hydrogen-bond donors (Lipinski definition) is 1. The van der Waals surface area contributed by atoms with Crippen molar-refractivity contribution in [1.29, 1.82) is 0 Å². The van der Waals surface area contributed by atoms with Crippen molar-refractivity contribution in [3.05, 3.63) is 113 Å². The summed E-state index contributed by atoms with van der Waals surface area (Å²) in [5.41, 5.74) is 10.8. The number of methoxy groups -OCH3 is 2. The predicted molar refractivity (Wildman–Crippen MR) is 256 cm³/mol. The summed E-state index contributed by atoms with van der Waals surface area (Å²) in [7, 11) is 2.70. The van der Waals surface area contributed by atoms with E-state index in [2.05, 4.69) is 22.5 Å². The zero-order valence-electron chi connectivity index (χ0n) is 40.6. The second-order valence-electron chi connectivity index (χ2n) is 14.5. The van der Waals surface area contributed by atoms with Crippen LogP contribution in [0.2, 0.25) is 0 Å². The predicted octanol–water partition coefficient (Wildman–Crippen LogP) is 3.63. The second kappa shape index (κ2) is 34.2. The topological polar surface area (TPSA) is 227 Å². The number of aldehydes is 1. The molecular weight excluding hydrogens is 914 g/mol. The van der Waals surface area contributed by atoms with Crippen molar-refractivity contribution >= 4 is 74.8 Å². The van der Waals surface area contributed by atoms with E-state index in [9.17, 15) is 37.9 Å². The van der Waals surface area contributed by atoms with E-state index in [1.807, 2.05) is 42.5 Å². The standard InChI is InChI=1S/C21H27O4P.C12H18NO3P.C8H8O2.C4H6O4.C2H3BO2.Na/c1-5-25-21(22)15-17-7-11-18(20(14-17)26(3,4)23)10-6-16-8-12-19(24-2)13-9-16;1-4-16-12(14)8-9-5-6-10(13)11(7-9)17(2,3)15;1-10-8-4-2-7(6-9)3-5-8;1-3(5)7-8-4(2)6;1-2(4)5-3;/h7-9,11-14H,5-6,10,15H2,1-4H3;5-7H,4,8,13H2,1-3H3;2-6H,1H3;1-2H3;1H3;/q;;;;-1;+1. The Morgan fingerprint density at radius 1 is 0.597 bits per heavy atom. The van der Waals surface area contributed by atoms with E-state index in [0.29, 0.717) is 29.8 Å². The zero-order valence-corrected chi connectivity index (χ0v) is 44.4. The van der Waals surface area contributed by atoms with E-state index in [-0.39, 0.29) is 54.3 Å². The van der Waals surface area contributed by atoms with Crippen LogP contribution in [0.15, 0.2) is 84.9 Å². The molecule has 2 N–H and O–H groups in total. The van der Waals surface area contributed by atoms with Crippen LogP contribution in [0, 0.1) is 0 Å². The van der Waals surface area contributed by atoms with Crippen LogP contribution in [0.3, 0.4) is 0 Å². The van der Waals surface area contributed by atoms with Gasteiger partial charge in [0.1, 0.15) is 32.1 Å². The second-order valence-corrected chi connectivity index (χ2v) is 20.9. The Hall–Kier alpha value is -5.18. The molecule has 4 aromatic carbocycles. The molecule has 0 amide bonds. The van der Waals surface area contributed by atoms with Crippen molar-refractivity contribution in [1.82, 2.24) is 0 Å². The average molecular weight is 977 g/mol. The molecule has 0 aliphatic carbocycles. The number of esters is 2. The molecule has 0 aromatic heterocycles. The molecule has 0 aliphatic rings. The molecule has 0 saturated carbocycles. The van der Waals surface area contributed by atoms with Crippen LogP contribution in [-0.4, -0.2) is 98.3 Å². The minimum absolute atomic E-state index is 0. The minimum atomic E-state index is -2.45. The van der Waals surface area contributed by atoms with Crippen molar-refractivity contribution in [2.24, 2.45) is 0 Å². The molecule has 3 radical (unpaired) electrons. The Kier molecular flexibility index (Phi) is 32.6. The summed E-state index contributed by atoms with van der Waals surface area (Å²) in [5.74, 6) is -0.683. The zero-order chi connectivity index (χ0) is 50.5. The Labute approximate surface area is 417 Å². The number of ether oxygens (including phenoxy) is 4. The third-order valence-electron chi connectivity index (χ3n) is 8.25. The Balaban J connectivity index is 0. The summed E-state index contributed by atoms with van der Waals surface area (Å²) in [6, 6.07) is 25.9. The van der Waals surface area contributed by atoms with Gasteiger partial charge in [0.2, 0.25) is 5.97 Å². The molecule has 67 heavy (non-hydrogen) atoms.